The van der Waals surface area contributed by atoms with Crippen LogP contribution in [0.4, 0.5) is 0 Å². The Labute approximate surface area is 69.4 Å². The van der Waals surface area contributed by atoms with Crippen LogP contribution in [-0.2, 0) is 0 Å². The summed E-state index contributed by atoms with van der Waals surface area (Å²) < 4.78 is 1.42. The molecule has 0 fully saturated rings. The molecular weight excluding hydrogens is 246 g/mol. The van der Waals surface area contributed by atoms with Gasteiger partial charge >= 0.3 is 69.3 Å². The predicted molar refractivity (Wildman–Crippen MR) is 44.0 cm³/mol. The van der Waals surface area contributed by atoms with Gasteiger partial charge in [0.1, 0.15) is 0 Å². The average molecular weight is 260 g/mol. The zero-order valence-corrected chi connectivity index (χ0v) is 8.93. The summed E-state index contributed by atoms with van der Waals surface area (Å²) in [6.45, 7) is 1.75. The Bertz CT molecular complexity index is 46.2. The maximum atomic E-state index is 5.34. The number of hydrogen-bond acceptors (Lipinski definition) is 2. The van der Waals surface area contributed by atoms with Gasteiger partial charge in [-0.3, -0.25) is 0 Å². The van der Waals surface area contributed by atoms with Gasteiger partial charge in [0, 0.05) is 0 Å². The van der Waals surface area contributed by atoms with E-state index in [-0.39, 0.29) is 0 Å². The molecule has 0 heterocycles. The van der Waals surface area contributed by atoms with E-state index < -0.39 is 0 Å². The third-order valence-electron chi connectivity index (χ3n) is 0.691. The fourth-order valence-electron chi connectivity index (χ4n) is 0.343. The molecule has 0 aliphatic carbocycles. The summed E-state index contributed by atoms with van der Waals surface area (Å²) in [5.74, 6) is 0. The molecule has 0 aromatic carbocycles. The Balaban J connectivity index is 2.60. The topological polar surface area (TPSA) is 52.0 Å². The Kier molecular flexibility index (Phi) is 9.91. The van der Waals surface area contributed by atoms with Gasteiger partial charge in [0.25, 0.3) is 0 Å². The van der Waals surface area contributed by atoms with Crippen LogP contribution in [0.5, 0.6) is 0 Å². The van der Waals surface area contributed by atoms with E-state index in [4.69, 9.17) is 11.5 Å². The Hall–Kier alpha value is 0.959. The molecular formula is C5H14N2Se2. The van der Waals surface area contributed by atoms with E-state index in [1.54, 1.807) is 0 Å². The summed E-state index contributed by atoms with van der Waals surface area (Å²) in [7, 11) is 0. The maximum absolute atomic E-state index is 5.34. The van der Waals surface area contributed by atoms with Gasteiger partial charge in [0.15, 0.2) is 0 Å². The molecule has 0 spiro atoms. The molecule has 9 heavy (non-hydrogen) atoms. The van der Waals surface area contributed by atoms with Crippen molar-refractivity contribution in [3.63, 3.8) is 0 Å². The zero-order valence-electron chi connectivity index (χ0n) is 5.51. The van der Waals surface area contributed by atoms with Crippen LogP contribution in [-0.4, -0.2) is 43.0 Å². The van der Waals surface area contributed by atoms with Crippen LogP contribution in [0, 0.1) is 0 Å². The summed E-state index contributed by atoms with van der Waals surface area (Å²) in [6.07, 6.45) is 0. The molecule has 0 saturated carbocycles. The van der Waals surface area contributed by atoms with Crippen molar-refractivity contribution >= 4 is 29.9 Å². The van der Waals surface area contributed by atoms with E-state index >= 15 is 0 Å². The first-order valence-corrected chi connectivity index (χ1v) is 7.82. The van der Waals surface area contributed by atoms with E-state index in [1.807, 2.05) is 0 Å². The molecule has 0 rings (SSSR count). The quantitative estimate of drug-likeness (QED) is 0.501. The minimum absolute atomic E-state index is 0.823. The third kappa shape index (κ3) is 8.96. The molecule has 0 bridgehead atoms. The Morgan fingerprint density at radius 1 is 0.889 bits per heavy atom. The van der Waals surface area contributed by atoms with Gasteiger partial charge in [-0.15, -0.1) is 0 Å². The van der Waals surface area contributed by atoms with Crippen molar-refractivity contribution in [2.75, 3.05) is 13.1 Å². The fourth-order valence-corrected chi connectivity index (χ4v) is 5.64. The van der Waals surface area contributed by atoms with Crippen LogP contribution in [0.2, 0.25) is 14.9 Å². The van der Waals surface area contributed by atoms with E-state index in [9.17, 15) is 0 Å². The summed E-state index contributed by atoms with van der Waals surface area (Å²) in [6, 6.07) is 0. The van der Waals surface area contributed by atoms with Gasteiger partial charge < -0.3 is 0 Å². The van der Waals surface area contributed by atoms with E-state index in [1.165, 1.54) is 14.9 Å². The summed E-state index contributed by atoms with van der Waals surface area (Å²) in [5.41, 5.74) is 10.7. The van der Waals surface area contributed by atoms with Crippen LogP contribution in [0.3, 0.4) is 0 Å². The van der Waals surface area contributed by atoms with Gasteiger partial charge in [-0.2, -0.15) is 0 Å². The second kappa shape index (κ2) is 8.96. The second-order valence-electron chi connectivity index (χ2n) is 1.51. The van der Waals surface area contributed by atoms with Crippen LogP contribution >= 0.6 is 0 Å². The monoisotopic (exact) mass is 262 g/mol. The third-order valence-corrected chi connectivity index (χ3v) is 7.22. The molecule has 0 saturated heterocycles. The van der Waals surface area contributed by atoms with Crippen LogP contribution in [0.15, 0.2) is 0 Å². The van der Waals surface area contributed by atoms with Gasteiger partial charge in [-0.25, -0.2) is 0 Å². The van der Waals surface area contributed by atoms with Crippen molar-refractivity contribution in [2.24, 2.45) is 11.5 Å². The molecule has 0 atom stereocenters. The average Bonchev–Trinajstić information content (AvgIpc) is 1.89. The van der Waals surface area contributed by atoms with Crippen molar-refractivity contribution in [1.82, 2.24) is 0 Å². The van der Waals surface area contributed by atoms with Crippen LogP contribution in [0.1, 0.15) is 0 Å². The molecule has 4 heteroatoms. The molecule has 0 radical (unpaired) electrons. The molecule has 4 N–H and O–H groups in total. The molecule has 0 amide bonds. The molecule has 0 unspecified atom stereocenters. The number of nitrogens with two attached hydrogens (primary N) is 2. The number of hydrogen-bond donors (Lipinski definition) is 2. The van der Waals surface area contributed by atoms with E-state index in [0.29, 0.717) is 0 Å². The Morgan fingerprint density at radius 3 is 1.67 bits per heavy atom. The van der Waals surface area contributed by atoms with Crippen molar-refractivity contribution in [1.29, 1.82) is 0 Å². The number of rotatable bonds is 6. The van der Waals surface area contributed by atoms with Crippen molar-refractivity contribution < 1.29 is 0 Å². The molecule has 0 aliphatic rings. The molecule has 56 valence electrons. The fraction of sp³-hybridized carbons (Fsp3) is 1.00. The molecule has 0 aromatic heterocycles. The standard InChI is InChI=1S/C5H14N2Se2/c6-1-3-8-5-9-4-2-7/h1-7H2. The summed E-state index contributed by atoms with van der Waals surface area (Å²) in [4.78, 5) is 0. The zero-order chi connectivity index (χ0) is 6.95. The van der Waals surface area contributed by atoms with Crippen LogP contribution < -0.4 is 11.5 Å². The van der Waals surface area contributed by atoms with E-state index in [2.05, 4.69) is 0 Å². The van der Waals surface area contributed by atoms with Gasteiger partial charge in [0.2, 0.25) is 0 Å². The van der Waals surface area contributed by atoms with Crippen molar-refractivity contribution in [3.8, 4) is 0 Å². The minimum atomic E-state index is 0.823. The Morgan fingerprint density at radius 2 is 1.33 bits per heavy atom. The molecule has 0 aromatic rings. The summed E-state index contributed by atoms with van der Waals surface area (Å²) in [5, 5.41) is 2.50. The first-order chi connectivity index (χ1) is 4.41. The SMILES string of the molecule is NCC[Se]C[Se]CCN. The van der Waals surface area contributed by atoms with Gasteiger partial charge in [-0.1, -0.05) is 0 Å². The molecule has 2 nitrogen and oxygen atoms in total. The predicted octanol–water partition coefficient (Wildman–Crippen LogP) is -0.475. The van der Waals surface area contributed by atoms with Crippen molar-refractivity contribution in [3.05, 3.63) is 0 Å². The van der Waals surface area contributed by atoms with Gasteiger partial charge in [0.05, 0.1) is 0 Å². The normalized spacial score (nSPS) is 10.0. The summed E-state index contributed by atoms with van der Waals surface area (Å²) >= 11 is 1.65. The van der Waals surface area contributed by atoms with Gasteiger partial charge in [-0.05, 0) is 0 Å². The van der Waals surface area contributed by atoms with E-state index in [0.717, 1.165) is 43.0 Å². The second-order valence-corrected chi connectivity index (χ2v) is 8.00. The molecule has 0 aliphatic heterocycles. The van der Waals surface area contributed by atoms with Crippen molar-refractivity contribution in [2.45, 2.75) is 14.9 Å². The first-order valence-electron chi connectivity index (χ1n) is 2.97. The first kappa shape index (κ1) is 9.96. The van der Waals surface area contributed by atoms with Crippen LogP contribution in [0.25, 0.3) is 0 Å².